The number of thiophene rings is 1. The SMILES string of the molecule is CCOC(=O)c1c(NC(=O)c2cnn3c2N[C@H](c2ccc(Br)cc2)C[C@H]3C(F)(F)F)sc2c1CC[C@@H](C)C2. The Balaban J connectivity index is 1.49. The number of alkyl halides is 3. The van der Waals surface area contributed by atoms with Crippen LogP contribution in [0.2, 0.25) is 0 Å². The maximum atomic E-state index is 14.1. The molecule has 0 bridgehead atoms. The summed E-state index contributed by atoms with van der Waals surface area (Å²) in [7, 11) is 0. The summed E-state index contributed by atoms with van der Waals surface area (Å²) < 4.78 is 49.1. The molecular weight excluding hydrogens is 585 g/mol. The topological polar surface area (TPSA) is 85.2 Å². The van der Waals surface area contributed by atoms with Crippen LogP contribution in [0.1, 0.15) is 75.5 Å². The van der Waals surface area contributed by atoms with Crippen molar-refractivity contribution in [3.63, 3.8) is 0 Å². The lowest BCUT2D eigenvalue weighted by Gasteiger charge is -2.34. The lowest BCUT2D eigenvalue weighted by atomic mass is 9.88. The molecule has 0 saturated carbocycles. The zero-order chi connectivity index (χ0) is 27.2. The van der Waals surface area contributed by atoms with Crippen molar-refractivity contribution in [1.82, 2.24) is 9.78 Å². The summed E-state index contributed by atoms with van der Waals surface area (Å²) in [6, 6.07) is 4.41. The van der Waals surface area contributed by atoms with Gasteiger partial charge in [0, 0.05) is 15.8 Å². The largest absolute Gasteiger partial charge is 0.462 e. The van der Waals surface area contributed by atoms with Crippen molar-refractivity contribution in [2.75, 3.05) is 17.2 Å². The van der Waals surface area contributed by atoms with Gasteiger partial charge in [-0.25, -0.2) is 9.48 Å². The Morgan fingerprint density at radius 1 is 1.29 bits per heavy atom. The van der Waals surface area contributed by atoms with Gasteiger partial charge in [-0.05, 0) is 55.4 Å². The average Bonchev–Trinajstić information content (AvgIpc) is 3.44. The molecule has 1 amide bonds. The van der Waals surface area contributed by atoms with Crippen LogP contribution < -0.4 is 10.6 Å². The summed E-state index contributed by atoms with van der Waals surface area (Å²) in [6.07, 6.45) is -1.30. The third-order valence-corrected chi connectivity index (χ3v) is 8.67. The van der Waals surface area contributed by atoms with Crippen molar-refractivity contribution in [2.45, 2.75) is 57.8 Å². The number of esters is 1. The van der Waals surface area contributed by atoms with Crippen LogP contribution in [0, 0.1) is 5.92 Å². The number of carbonyl (C=O) groups excluding carboxylic acids is 2. The standard InChI is InChI=1S/C26H26BrF3N4O3S/c1-3-37-25(36)21-16-9-4-13(2)10-19(16)38-24(21)33-23(35)17-12-31-34-20(26(28,29)30)11-18(32-22(17)34)14-5-7-15(27)8-6-14/h5-8,12-13,18,20,32H,3-4,9-11H2,1-2H3,(H,33,35)/t13-,18+,20+/m1/s1. The highest BCUT2D eigenvalue weighted by Gasteiger charge is 2.47. The average molecular weight is 611 g/mol. The van der Waals surface area contributed by atoms with Crippen LogP contribution in [-0.2, 0) is 17.6 Å². The van der Waals surface area contributed by atoms with E-state index in [1.807, 2.05) is 0 Å². The Kier molecular flexibility index (Phi) is 7.29. The van der Waals surface area contributed by atoms with Crippen molar-refractivity contribution in [3.8, 4) is 0 Å². The molecular formula is C26H26BrF3N4O3S. The van der Waals surface area contributed by atoms with E-state index in [0.717, 1.165) is 38.6 Å². The molecule has 0 fully saturated rings. The van der Waals surface area contributed by atoms with Crippen LogP contribution in [0.3, 0.4) is 0 Å². The molecule has 38 heavy (non-hydrogen) atoms. The summed E-state index contributed by atoms with van der Waals surface area (Å²) in [6.45, 7) is 4.03. The highest BCUT2D eigenvalue weighted by molar-refractivity contribution is 9.10. The van der Waals surface area contributed by atoms with Gasteiger partial charge in [0.05, 0.1) is 24.4 Å². The van der Waals surface area contributed by atoms with E-state index in [2.05, 4.69) is 38.6 Å². The predicted octanol–water partition coefficient (Wildman–Crippen LogP) is 6.92. The molecule has 1 aromatic carbocycles. The third kappa shape index (κ3) is 5.07. The first-order valence-corrected chi connectivity index (χ1v) is 14.0. The highest BCUT2D eigenvalue weighted by Crippen LogP contribution is 2.45. The van der Waals surface area contributed by atoms with E-state index >= 15 is 0 Å². The number of nitrogens with one attached hydrogen (secondary N) is 2. The number of rotatable bonds is 5. The first-order valence-electron chi connectivity index (χ1n) is 12.4. The molecule has 3 aromatic rings. The molecule has 1 aliphatic heterocycles. The van der Waals surface area contributed by atoms with Crippen molar-refractivity contribution >= 4 is 50.0 Å². The Morgan fingerprint density at radius 3 is 2.71 bits per heavy atom. The van der Waals surface area contributed by atoms with E-state index in [4.69, 9.17) is 4.74 Å². The highest BCUT2D eigenvalue weighted by atomic mass is 79.9. The number of aromatic nitrogens is 2. The number of halogens is 4. The fourth-order valence-electron chi connectivity index (χ4n) is 5.07. The number of hydrogen-bond donors (Lipinski definition) is 2. The lowest BCUT2D eigenvalue weighted by molar-refractivity contribution is -0.173. The Labute approximate surface area is 229 Å². The second-order valence-corrected chi connectivity index (χ2v) is 11.6. The first kappa shape index (κ1) is 26.7. The summed E-state index contributed by atoms with van der Waals surface area (Å²) in [5, 5.41) is 10.2. The quantitative estimate of drug-likeness (QED) is 0.306. The minimum absolute atomic E-state index is 0.0170. The number of amides is 1. The Morgan fingerprint density at radius 2 is 2.03 bits per heavy atom. The van der Waals surface area contributed by atoms with Gasteiger partial charge in [-0.1, -0.05) is 35.0 Å². The number of carbonyl (C=O) groups is 2. The van der Waals surface area contributed by atoms with Gasteiger partial charge < -0.3 is 15.4 Å². The van der Waals surface area contributed by atoms with Gasteiger partial charge in [0.25, 0.3) is 5.91 Å². The zero-order valence-corrected chi connectivity index (χ0v) is 23.1. The molecule has 2 N–H and O–H groups in total. The van der Waals surface area contributed by atoms with Crippen molar-refractivity contribution in [2.24, 2.45) is 5.92 Å². The summed E-state index contributed by atoms with van der Waals surface area (Å²) in [4.78, 5) is 27.3. The summed E-state index contributed by atoms with van der Waals surface area (Å²) >= 11 is 4.67. The normalized spacial score (nSPS) is 20.7. The lowest BCUT2D eigenvalue weighted by Crippen LogP contribution is -2.36. The van der Waals surface area contributed by atoms with E-state index in [0.29, 0.717) is 28.5 Å². The molecule has 2 aliphatic rings. The number of anilines is 2. The summed E-state index contributed by atoms with van der Waals surface area (Å²) in [5.74, 6) is -0.733. The maximum Gasteiger partial charge on any atom is 0.410 e. The number of nitrogens with zero attached hydrogens (tertiary/aromatic N) is 2. The molecule has 3 atom stereocenters. The van der Waals surface area contributed by atoms with Gasteiger partial charge in [0.2, 0.25) is 0 Å². The second-order valence-electron chi connectivity index (χ2n) is 9.62. The van der Waals surface area contributed by atoms with Crippen molar-refractivity contribution in [3.05, 3.63) is 62.1 Å². The van der Waals surface area contributed by atoms with Gasteiger partial charge in [-0.3, -0.25) is 4.79 Å². The minimum atomic E-state index is -4.56. The van der Waals surface area contributed by atoms with Gasteiger partial charge in [-0.15, -0.1) is 11.3 Å². The monoisotopic (exact) mass is 610 g/mol. The fourth-order valence-corrected chi connectivity index (χ4v) is 6.73. The Hall–Kier alpha value is -2.86. The van der Waals surface area contributed by atoms with Crippen LogP contribution in [0.25, 0.3) is 0 Å². The predicted molar refractivity (Wildman–Crippen MR) is 142 cm³/mol. The molecule has 2 aromatic heterocycles. The zero-order valence-electron chi connectivity index (χ0n) is 20.7. The van der Waals surface area contributed by atoms with Gasteiger partial charge >= 0.3 is 12.1 Å². The van der Waals surface area contributed by atoms with E-state index in [9.17, 15) is 22.8 Å². The Bertz CT molecular complexity index is 1370. The molecule has 1 aliphatic carbocycles. The second kappa shape index (κ2) is 10.4. The molecule has 12 heteroatoms. The molecule has 0 radical (unpaired) electrons. The molecule has 202 valence electrons. The van der Waals surface area contributed by atoms with Crippen LogP contribution in [0.15, 0.2) is 34.9 Å². The van der Waals surface area contributed by atoms with E-state index < -0.39 is 30.1 Å². The number of benzene rings is 1. The van der Waals surface area contributed by atoms with Gasteiger partial charge in [0.15, 0.2) is 6.04 Å². The molecule has 3 heterocycles. The van der Waals surface area contributed by atoms with Crippen LogP contribution in [-0.4, -0.2) is 34.4 Å². The molecule has 0 spiro atoms. The minimum Gasteiger partial charge on any atom is -0.462 e. The smallest absolute Gasteiger partial charge is 0.410 e. The number of hydrogen-bond acceptors (Lipinski definition) is 6. The van der Waals surface area contributed by atoms with Crippen LogP contribution >= 0.6 is 27.3 Å². The number of ether oxygens (including phenoxy) is 1. The maximum absolute atomic E-state index is 14.1. The summed E-state index contributed by atoms with van der Waals surface area (Å²) in [5.41, 5.74) is 1.84. The van der Waals surface area contributed by atoms with Gasteiger partial charge in [0.1, 0.15) is 16.4 Å². The molecule has 7 nitrogen and oxygen atoms in total. The van der Waals surface area contributed by atoms with Gasteiger partial charge in [-0.2, -0.15) is 18.3 Å². The van der Waals surface area contributed by atoms with Crippen molar-refractivity contribution < 1.29 is 27.5 Å². The first-order chi connectivity index (χ1) is 18.1. The molecule has 0 unspecified atom stereocenters. The van der Waals surface area contributed by atoms with Crippen LogP contribution in [0.5, 0.6) is 0 Å². The number of fused-ring (bicyclic) bond motifs is 2. The van der Waals surface area contributed by atoms with E-state index in [-0.39, 0.29) is 24.4 Å². The van der Waals surface area contributed by atoms with Crippen LogP contribution in [0.4, 0.5) is 24.0 Å². The van der Waals surface area contributed by atoms with Crippen molar-refractivity contribution in [1.29, 1.82) is 0 Å². The third-order valence-electron chi connectivity index (χ3n) is 6.97. The molecule has 5 rings (SSSR count). The molecule has 0 saturated heterocycles. The fraction of sp³-hybridized carbons (Fsp3) is 0.423. The van der Waals surface area contributed by atoms with E-state index in [1.165, 1.54) is 11.3 Å². The van der Waals surface area contributed by atoms with E-state index in [1.54, 1.807) is 31.2 Å².